The molecule has 1 heterocycles. The van der Waals surface area contributed by atoms with Crippen molar-refractivity contribution >= 4 is 23.1 Å². The van der Waals surface area contributed by atoms with Crippen molar-refractivity contribution in [2.75, 3.05) is 0 Å². The second kappa shape index (κ2) is 7.75. The van der Waals surface area contributed by atoms with Gasteiger partial charge >= 0.3 is 0 Å². The van der Waals surface area contributed by atoms with Crippen molar-refractivity contribution in [1.29, 1.82) is 0 Å². The molecule has 1 aromatic heterocycles. The van der Waals surface area contributed by atoms with E-state index in [-0.39, 0.29) is 5.75 Å². The van der Waals surface area contributed by atoms with Gasteiger partial charge in [-0.3, -0.25) is 0 Å². The van der Waals surface area contributed by atoms with Crippen molar-refractivity contribution in [2.45, 2.75) is 6.61 Å². The summed E-state index contributed by atoms with van der Waals surface area (Å²) in [5.74, 6) is 1.01. The first-order chi connectivity index (χ1) is 13.3. The van der Waals surface area contributed by atoms with E-state index in [9.17, 15) is 5.11 Å². The monoisotopic (exact) mass is 353 g/mol. The number of nitrogens with zero attached hydrogens (tertiary/aromatic N) is 1. The summed E-state index contributed by atoms with van der Waals surface area (Å²) in [4.78, 5) is 4.54. The van der Waals surface area contributed by atoms with E-state index in [2.05, 4.69) is 4.98 Å². The summed E-state index contributed by atoms with van der Waals surface area (Å²) in [6.45, 7) is 0.522. The summed E-state index contributed by atoms with van der Waals surface area (Å²) >= 11 is 0. The number of aromatic hydroxyl groups is 1. The van der Waals surface area contributed by atoms with E-state index in [1.54, 1.807) is 6.07 Å². The average molecular weight is 353 g/mol. The third-order valence-corrected chi connectivity index (χ3v) is 4.31. The molecule has 0 aliphatic rings. The molecule has 3 nitrogen and oxygen atoms in total. The highest BCUT2D eigenvalue weighted by atomic mass is 16.5. The highest BCUT2D eigenvalue weighted by molar-refractivity contribution is 5.85. The standard InChI is InChI=1S/C24H19NO2/c26-22-11-6-10-20-14-16-21(25-24(20)22)15-13-19-9-4-5-12-23(19)27-17-18-7-2-1-3-8-18/h1-16,26H,17H2/b15-13+. The van der Waals surface area contributed by atoms with Crippen LogP contribution in [-0.2, 0) is 6.61 Å². The van der Waals surface area contributed by atoms with Crippen LogP contribution in [0.3, 0.4) is 0 Å². The molecule has 0 radical (unpaired) electrons. The van der Waals surface area contributed by atoms with Crippen molar-refractivity contribution in [1.82, 2.24) is 4.98 Å². The van der Waals surface area contributed by atoms with Gasteiger partial charge in [0.15, 0.2) is 0 Å². The van der Waals surface area contributed by atoms with Crippen LogP contribution in [-0.4, -0.2) is 10.1 Å². The zero-order valence-electron chi connectivity index (χ0n) is 14.7. The van der Waals surface area contributed by atoms with Gasteiger partial charge in [-0.2, -0.15) is 0 Å². The Hall–Kier alpha value is -3.59. The zero-order valence-corrected chi connectivity index (χ0v) is 14.7. The van der Waals surface area contributed by atoms with Crippen molar-refractivity contribution < 1.29 is 9.84 Å². The van der Waals surface area contributed by atoms with E-state index in [1.807, 2.05) is 91.0 Å². The van der Waals surface area contributed by atoms with E-state index in [1.165, 1.54) is 0 Å². The van der Waals surface area contributed by atoms with Gasteiger partial charge < -0.3 is 9.84 Å². The van der Waals surface area contributed by atoms with Crippen molar-refractivity contribution in [3.63, 3.8) is 0 Å². The second-order valence-electron chi connectivity index (χ2n) is 6.23. The zero-order chi connectivity index (χ0) is 18.5. The number of rotatable bonds is 5. The first-order valence-electron chi connectivity index (χ1n) is 8.82. The van der Waals surface area contributed by atoms with Crippen molar-refractivity contribution in [2.24, 2.45) is 0 Å². The maximum atomic E-state index is 10.00. The van der Waals surface area contributed by atoms with Crippen molar-refractivity contribution in [3.05, 3.63) is 102 Å². The smallest absolute Gasteiger partial charge is 0.141 e. The Morgan fingerprint density at radius 2 is 1.59 bits per heavy atom. The fourth-order valence-corrected chi connectivity index (χ4v) is 2.90. The van der Waals surface area contributed by atoms with Crippen LogP contribution in [0.25, 0.3) is 23.1 Å². The number of benzene rings is 3. The van der Waals surface area contributed by atoms with Gasteiger partial charge in [0.1, 0.15) is 23.6 Å². The lowest BCUT2D eigenvalue weighted by molar-refractivity contribution is 0.305. The highest BCUT2D eigenvalue weighted by Gasteiger charge is 2.03. The molecule has 4 rings (SSSR count). The summed E-state index contributed by atoms with van der Waals surface area (Å²) < 4.78 is 5.99. The molecule has 0 aliphatic carbocycles. The molecule has 3 heteroatoms. The number of hydrogen-bond acceptors (Lipinski definition) is 3. The maximum Gasteiger partial charge on any atom is 0.141 e. The van der Waals surface area contributed by atoms with Gasteiger partial charge in [0.2, 0.25) is 0 Å². The lowest BCUT2D eigenvalue weighted by Gasteiger charge is -2.09. The topological polar surface area (TPSA) is 42.4 Å². The predicted molar refractivity (Wildman–Crippen MR) is 110 cm³/mol. The molecule has 0 saturated carbocycles. The summed E-state index contributed by atoms with van der Waals surface area (Å²) in [5, 5.41) is 10.9. The molecule has 4 aromatic rings. The fraction of sp³-hybridized carbons (Fsp3) is 0.0417. The lowest BCUT2D eigenvalue weighted by Crippen LogP contribution is -1.96. The van der Waals surface area contributed by atoms with Crippen LogP contribution in [0.1, 0.15) is 16.8 Å². The minimum atomic E-state index is 0.189. The van der Waals surface area contributed by atoms with Crippen LogP contribution in [0.15, 0.2) is 84.9 Å². The fourth-order valence-electron chi connectivity index (χ4n) is 2.90. The minimum Gasteiger partial charge on any atom is -0.506 e. The molecule has 0 amide bonds. The van der Waals surface area contributed by atoms with Crippen LogP contribution >= 0.6 is 0 Å². The molecule has 27 heavy (non-hydrogen) atoms. The largest absolute Gasteiger partial charge is 0.506 e. The molecule has 0 fully saturated rings. The molecule has 0 saturated heterocycles. The Bertz CT molecular complexity index is 1090. The molecule has 0 aliphatic heterocycles. The average Bonchev–Trinajstić information content (AvgIpc) is 2.72. The quantitative estimate of drug-likeness (QED) is 0.501. The number of phenolic OH excluding ortho intramolecular Hbond substituents is 1. The Morgan fingerprint density at radius 3 is 2.48 bits per heavy atom. The summed E-state index contributed by atoms with van der Waals surface area (Å²) in [7, 11) is 0. The van der Waals surface area contributed by atoms with Crippen LogP contribution in [0.5, 0.6) is 11.5 Å². The molecule has 1 N–H and O–H groups in total. The van der Waals surface area contributed by atoms with E-state index < -0.39 is 0 Å². The second-order valence-corrected chi connectivity index (χ2v) is 6.23. The number of phenols is 1. The molecule has 3 aromatic carbocycles. The number of ether oxygens (including phenoxy) is 1. The van der Waals surface area contributed by atoms with E-state index in [0.717, 1.165) is 28.0 Å². The molecule has 0 bridgehead atoms. The Morgan fingerprint density at radius 1 is 0.778 bits per heavy atom. The van der Waals surface area contributed by atoms with Crippen LogP contribution in [0.2, 0.25) is 0 Å². The van der Waals surface area contributed by atoms with Crippen molar-refractivity contribution in [3.8, 4) is 11.5 Å². The Labute approximate surface area is 158 Å². The van der Waals surface area contributed by atoms with Gasteiger partial charge in [-0.05, 0) is 35.9 Å². The van der Waals surface area contributed by atoms with Crippen LogP contribution in [0.4, 0.5) is 0 Å². The summed E-state index contributed by atoms with van der Waals surface area (Å²) in [5.41, 5.74) is 3.49. The van der Waals surface area contributed by atoms with Gasteiger partial charge in [-0.15, -0.1) is 0 Å². The number of pyridine rings is 1. The number of fused-ring (bicyclic) bond motifs is 1. The van der Waals surface area contributed by atoms with Gasteiger partial charge in [0, 0.05) is 10.9 Å². The number of para-hydroxylation sites is 2. The van der Waals surface area contributed by atoms with Gasteiger partial charge in [0.25, 0.3) is 0 Å². The summed E-state index contributed by atoms with van der Waals surface area (Å²) in [6.07, 6.45) is 3.91. The van der Waals surface area contributed by atoms with E-state index >= 15 is 0 Å². The first kappa shape index (κ1) is 16.9. The highest BCUT2D eigenvalue weighted by Crippen LogP contribution is 2.24. The first-order valence-corrected chi connectivity index (χ1v) is 8.82. The minimum absolute atomic E-state index is 0.189. The normalized spacial score (nSPS) is 11.1. The SMILES string of the molecule is Oc1cccc2ccc(/C=C/c3ccccc3OCc3ccccc3)nc12. The van der Waals surface area contributed by atoms with E-state index in [0.29, 0.717) is 12.1 Å². The molecular formula is C24H19NO2. The van der Waals surface area contributed by atoms with Gasteiger partial charge in [0.05, 0.1) is 5.69 Å². The van der Waals surface area contributed by atoms with E-state index in [4.69, 9.17) is 4.74 Å². The molecule has 0 atom stereocenters. The van der Waals surface area contributed by atoms with Crippen LogP contribution < -0.4 is 4.74 Å². The van der Waals surface area contributed by atoms with Crippen LogP contribution in [0, 0.1) is 0 Å². The Kier molecular flexibility index (Phi) is 4.84. The number of aromatic nitrogens is 1. The number of hydrogen-bond donors (Lipinski definition) is 1. The van der Waals surface area contributed by atoms with Gasteiger partial charge in [-0.25, -0.2) is 4.98 Å². The molecule has 0 unspecified atom stereocenters. The third-order valence-electron chi connectivity index (χ3n) is 4.31. The lowest BCUT2D eigenvalue weighted by atomic mass is 10.1. The van der Waals surface area contributed by atoms with Gasteiger partial charge in [-0.1, -0.05) is 66.7 Å². The predicted octanol–water partition coefficient (Wildman–Crippen LogP) is 5.69. The molecule has 132 valence electrons. The third kappa shape index (κ3) is 3.98. The Balaban J connectivity index is 1.56. The summed E-state index contributed by atoms with van der Waals surface area (Å²) in [6, 6.07) is 27.3. The maximum absolute atomic E-state index is 10.00. The molecule has 0 spiro atoms. The molecular weight excluding hydrogens is 334 g/mol.